The van der Waals surface area contributed by atoms with E-state index < -0.39 is 0 Å². The second kappa shape index (κ2) is 10.3. The molecule has 0 heterocycles. The van der Waals surface area contributed by atoms with E-state index in [2.05, 4.69) is 10.2 Å². The lowest BCUT2D eigenvalue weighted by atomic mass is 10.2. The van der Waals surface area contributed by atoms with Crippen molar-refractivity contribution >= 4 is 0 Å². The third-order valence-electron chi connectivity index (χ3n) is 2.23. The molecule has 0 aromatic heterocycles. The minimum Gasteiger partial charge on any atom is -0.329 e. The van der Waals surface area contributed by atoms with Crippen LogP contribution in [-0.2, 0) is 0 Å². The van der Waals surface area contributed by atoms with E-state index in [-0.39, 0.29) is 6.04 Å². The largest absolute Gasteiger partial charge is 0.329 e. The molecule has 6 nitrogen and oxygen atoms in total. The Kier molecular flexibility index (Phi) is 10.1. The van der Waals surface area contributed by atoms with E-state index >= 15 is 0 Å². The van der Waals surface area contributed by atoms with E-state index in [1.54, 1.807) is 0 Å². The number of hydrogen-bond acceptors (Lipinski definition) is 6. The Morgan fingerprint density at radius 3 is 1.93 bits per heavy atom. The van der Waals surface area contributed by atoms with Crippen LogP contribution in [0.15, 0.2) is 0 Å². The number of hydrogen-bond donors (Lipinski definition) is 5. The van der Waals surface area contributed by atoms with Crippen molar-refractivity contribution in [2.75, 3.05) is 52.4 Å². The Morgan fingerprint density at radius 1 is 0.933 bits per heavy atom. The molecule has 0 aliphatic rings. The topological polar surface area (TPSA) is 119 Å². The summed E-state index contributed by atoms with van der Waals surface area (Å²) in [4.78, 5) is 2.22. The summed E-state index contributed by atoms with van der Waals surface area (Å²) in [5, 5.41) is 3.29. The first kappa shape index (κ1) is 14.8. The summed E-state index contributed by atoms with van der Waals surface area (Å²) < 4.78 is 0. The van der Waals surface area contributed by atoms with Crippen LogP contribution in [0.3, 0.4) is 0 Å². The summed E-state index contributed by atoms with van der Waals surface area (Å²) in [7, 11) is 0. The van der Waals surface area contributed by atoms with Gasteiger partial charge in [-0.15, -0.1) is 0 Å². The fourth-order valence-corrected chi connectivity index (χ4v) is 1.48. The van der Waals surface area contributed by atoms with Gasteiger partial charge in [0.25, 0.3) is 0 Å². The van der Waals surface area contributed by atoms with E-state index in [1.165, 1.54) is 0 Å². The maximum absolute atomic E-state index is 5.66. The van der Waals surface area contributed by atoms with Crippen LogP contribution in [0.1, 0.15) is 0 Å². The molecule has 1 unspecified atom stereocenters. The maximum atomic E-state index is 5.66. The summed E-state index contributed by atoms with van der Waals surface area (Å²) in [5.41, 5.74) is 22.1. The minimum atomic E-state index is 0.270. The highest BCUT2D eigenvalue weighted by molar-refractivity contribution is 4.73. The molecule has 9 N–H and O–H groups in total. The van der Waals surface area contributed by atoms with Gasteiger partial charge in [-0.3, -0.25) is 4.90 Å². The molecular weight excluding hydrogens is 192 g/mol. The van der Waals surface area contributed by atoms with E-state index in [9.17, 15) is 0 Å². The maximum Gasteiger partial charge on any atom is 0.0318 e. The average molecular weight is 218 g/mol. The molecule has 1 atom stereocenters. The lowest BCUT2D eigenvalue weighted by Crippen LogP contribution is -2.49. The summed E-state index contributed by atoms with van der Waals surface area (Å²) in [6.45, 7) is 5.92. The molecule has 0 fully saturated rings. The Bertz CT molecular complexity index is 126. The van der Waals surface area contributed by atoms with Gasteiger partial charge in [-0.25, -0.2) is 0 Å². The normalized spacial score (nSPS) is 13.4. The van der Waals surface area contributed by atoms with Gasteiger partial charge in [-0.05, 0) is 0 Å². The highest BCUT2D eigenvalue weighted by Crippen LogP contribution is 1.90. The Balaban J connectivity index is 3.85. The molecule has 0 aromatic carbocycles. The zero-order valence-electron chi connectivity index (χ0n) is 9.49. The van der Waals surface area contributed by atoms with Crippen molar-refractivity contribution < 1.29 is 0 Å². The van der Waals surface area contributed by atoms with Gasteiger partial charge in [0.05, 0.1) is 0 Å². The molecule has 0 bridgehead atoms. The number of rotatable bonds is 10. The van der Waals surface area contributed by atoms with Gasteiger partial charge in [0.2, 0.25) is 0 Å². The van der Waals surface area contributed by atoms with Crippen LogP contribution in [0.2, 0.25) is 0 Å². The fraction of sp³-hybridized carbons (Fsp3) is 1.00. The Hall–Kier alpha value is -0.240. The second-order valence-corrected chi connectivity index (χ2v) is 3.55. The average Bonchev–Trinajstić information content (AvgIpc) is 2.24. The Morgan fingerprint density at radius 2 is 1.53 bits per heavy atom. The molecule has 0 aromatic rings. The zero-order valence-corrected chi connectivity index (χ0v) is 9.49. The number of nitrogens with two attached hydrogens (primary N) is 4. The van der Waals surface area contributed by atoms with Crippen molar-refractivity contribution in [2.24, 2.45) is 22.9 Å². The first-order chi connectivity index (χ1) is 7.28. The smallest absolute Gasteiger partial charge is 0.0318 e. The van der Waals surface area contributed by atoms with Gasteiger partial charge < -0.3 is 28.3 Å². The Labute approximate surface area is 92.3 Å². The van der Waals surface area contributed by atoms with Crippen molar-refractivity contribution in [3.05, 3.63) is 0 Å². The van der Waals surface area contributed by atoms with Crippen LogP contribution < -0.4 is 28.3 Å². The van der Waals surface area contributed by atoms with Gasteiger partial charge in [-0.1, -0.05) is 0 Å². The quantitative estimate of drug-likeness (QED) is 0.268. The van der Waals surface area contributed by atoms with Gasteiger partial charge in [0.15, 0.2) is 0 Å². The van der Waals surface area contributed by atoms with Gasteiger partial charge >= 0.3 is 0 Å². The lowest BCUT2D eigenvalue weighted by molar-refractivity contribution is 0.255. The molecular formula is C9H26N6. The van der Waals surface area contributed by atoms with E-state index in [1.807, 2.05) is 0 Å². The van der Waals surface area contributed by atoms with Crippen LogP contribution in [-0.4, -0.2) is 63.3 Å². The van der Waals surface area contributed by atoms with Gasteiger partial charge in [0.1, 0.15) is 0 Å². The van der Waals surface area contributed by atoms with E-state index in [4.69, 9.17) is 22.9 Å². The van der Waals surface area contributed by atoms with E-state index in [0.717, 1.165) is 26.2 Å². The summed E-state index contributed by atoms with van der Waals surface area (Å²) in [6.07, 6.45) is 0. The SMILES string of the molecule is NCCNC(CN)CN(CCN)CCN. The molecule has 92 valence electrons. The van der Waals surface area contributed by atoms with Crippen molar-refractivity contribution in [2.45, 2.75) is 6.04 Å². The highest BCUT2D eigenvalue weighted by atomic mass is 15.2. The third-order valence-corrected chi connectivity index (χ3v) is 2.23. The lowest BCUT2D eigenvalue weighted by Gasteiger charge is -2.26. The molecule has 0 amide bonds. The summed E-state index contributed by atoms with van der Waals surface area (Å²) in [6, 6.07) is 0.270. The molecule has 6 heteroatoms. The predicted octanol–water partition coefficient (Wildman–Crippen LogP) is -2.92. The number of nitrogens with one attached hydrogen (secondary N) is 1. The zero-order chi connectivity index (χ0) is 11.5. The second-order valence-electron chi connectivity index (χ2n) is 3.55. The minimum absolute atomic E-state index is 0.270. The van der Waals surface area contributed by atoms with Crippen LogP contribution >= 0.6 is 0 Å². The predicted molar refractivity (Wildman–Crippen MR) is 64.4 cm³/mol. The molecule has 0 saturated heterocycles. The molecule has 0 saturated carbocycles. The van der Waals surface area contributed by atoms with E-state index in [0.29, 0.717) is 26.2 Å². The molecule has 15 heavy (non-hydrogen) atoms. The van der Waals surface area contributed by atoms with Crippen LogP contribution in [0.25, 0.3) is 0 Å². The van der Waals surface area contributed by atoms with Crippen LogP contribution in [0.5, 0.6) is 0 Å². The molecule has 0 aliphatic heterocycles. The summed E-state index contributed by atoms with van der Waals surface area (Å²) >= 11 is 0. The van der Waals surface area contributed by atoms with Crippen molar-refractivity contribution in [1.29, 1.82) is 0 Å². The fourth-order valence-electron chi connectivity index (χ4n) is 1.48. The number of nitrogens with zero attached hydrogens (tertiary/aromatic N) is 1. The van der Waals surface area contributed by atoms with Crippen molar-refractivity contribution in [1.82, 2.24) is 10.2 Å². The molecule has 0 aliphatic carbocycles. The highest BCUT2D eigenvalue weighted by Gasteiger charge is 2.10. The third kappa shape index (κ3) is 7.66. The summed E-state index contributed by atoms with van der Waals surface area (Å²) in [5.74, 6) is 0. The first-order valence-electron chi connectivity index (χ1n) is 5.54. The monoisotopic (exact) mass is 218 g/mol. The van der Waals surface area contributed by atoms with Gasteiger partial charge in [-0.2, -0.15) is 0 Å². The van der Waals surface area contributed by atoms with Crippen LogP contribution in [0, 0.1) is 0 Å². The van der Waals surface area contributed by atoms with Gasteiger partial charge in [0, 0.05) is 58.4 Å². The molecule has 0 rings (SSSR count). The van der Waals surface area contributed by atoms with Crippen molar-refractivity contribution in [3.63, 3.8) is 0 Å². The molecule has 0 spiro atoms. The standard InChI is InChI=1S/C9H26N6/c10-1-4-14-9(7-13)8-15(5-2-11)6-3-12/h9,14H,1-8,10-13H2. The van der Waals surface area contributed by atoms with Crippen LogP contribution in [0.4, 0.5) is 0 Å². The van der Waals surface area contributed by atoms with Crippen molar-refractivity contribution in [3.8, 4) is 0 Å². The molecule has 0 radical (unpaired) electrons. The first-order valence-corrected chi connectivity index (χ1v) is 5.54.